The van der Waals surface area contributed by atoms with E-state index in [0.29, 0.717) is 21.5 Å². The zero-order chi connectivity index (χ0) is 33.2. The van der Waals surface area contributed by atoms with Gasteiger partial charge in [0.25, 0.3) is 0 Å². The number of thiazole rings is 2. The molecular weight excluding hydrogens is 667 g/mol. The van der Waals surface area contributed by atoms with E-state index < -0.39 is 23.1 Å². The Morgan fingerprint density at radius 3 is 1.28 bits per heavy atom. The van der Waals surface area contributed by atoms with Crippen LogP contribution in [0.15, 0.2) is 84.9 Å². The fraction of sp³-hybridized carbons (Fsp3) is 0.176. The Hall–Kier alpha value is -4.22. The lowest BCUT2D eigenvalue weighted by atomic mass is 10.1. The van der Waals surface area contributed by atoms with Gasteiger partial charge in [0, 0.05) is 21.2 Å². The number of carbonyl (C=O) groups is 2. The fourth-order valence-electron chi connectivity index (χ4n) is 4.06. The van der Waals surface area contributed by atoms with Gasteiger partial charge < -0.3 is 19.7 Å². The minimum absolute atomic E-state index is 0.505. The summed E-state index contributed by atoms with van der Waals surface area (Å²) in [5.74, 6) is -1.01. The molecule has 46 heavy (non-hydrogen) atoms. The van der Waals surface area contributed by atoms with Crippen LogP contribution in [0.4, 0.5) is 0 Å². The van der Waals surface area contributed by atoms with Crippen molar-refractivity contribution in [3.05, 3.63) is 95.0 Å². The number of hydrogen-bond donors (Lipinski definition) is 2. The minimum atomic E-state index is -1.27. The van der Waals surface area contributed by atoms with E-state index in [1.807, 2.05) is 60.7 Å². The topological polar surface area (TPSA) is 119 Å². The molecule has 0 unspecified atom stereocenters. The molecule has 0 spiro atoms. The van der Waals surface area contributed by atoms with Gasteiger partial charge in [0.1, 0.15) is 21.5 Å². The maximum Gasteiger partial charge on any atom is 0.347 e. The fourth-order valence-corrected chi connectivity index (χ4v) is 6.29. The van der Waals surface area contributed by atoms with Crippen LogP contribution in [0, 0.1) is 0 Å². The van der Waals surface area contributed by atoms with Crippen molar-refractivity contribution in [2.75, 3.05) is 0 Å². The highest BCUT2D eigenvalue weighted by Crippen LogP contribution is 2.34. The lowest BCUT2D eigenvalue weighted by molar-refractivity contribution is -0.152. The molecule has 0 aliphatic carbocycles. The van der Waals surface area contributed by atoms with Gasteiger partial charge in [-0.3, -0.25) is 0 Å². The van der Waals surface area contributed by atoms with Crippen LogP contribution in [-0.4, -0.2) is 43.3 Å². The van der Waals surface area contributed by atoms with Gasteiger partial charge in [0.2, 0.25) is 0 Å². The van der Waals surface area contributed by atoms with Crippen LogP contribution < -0.4 is 9.47 Å². The predicted octanol–water partition coefficient (Wildman–Crippen LogP) is 9.72. The standard InChI is InChI=1S/2C17H14ClNO3S/c2*1-17(2,16(20)21)22-12-6-3-10(4-7-12)15-19-13-9-11(18)5-8-14(13)23-15/h2*3-9H,1-2H3,(H,20,21). The number of benzene rings is 4. The smallest absolute Gasteiger partial charge is 0.347 e. The van der Waals surface area contributed by atoms with E-state index in [1.54, 1.807) is 46.9 Å². The maximum atomic E-state index is 11.1. The Morgan fingerprint density at radius 1 is 0.609 bits per heavy atom. The number of nitrogens with zero attached hydrogens (tertiary/aromatic N) is 2. The highest BCUT2D eigenvalue weighted by Gasteiger charge is 2.30. The number of halogens is 2. The van der Waals surface area contributed by atoms with E-state index in [4.69, 9.17) is 42.9 Å². The van der Waals surface area contributed by atoms with E-state index in [0.717, 1.165) is 41.6 Å². The molecule has 236 valence electrons. The quantitative estimate of drug-likeness (QED) is 0.162. The number of carboxylic acid groups (broad SMARTS) is 2. The number of aromatic nitrogens is 2. The first kappa shape index (κ1) is 33.2. The van der Waals surface area contributed by atoms with Crippen LogP contribution in [0.1, 0.15) is 27.7 Å². The summed E-state index contributed by atoms with van der Waals surface area (Å²) < 4.78 is 13.1. The third-order valence-electron chi connectivity index (χ3n) is 6.68. The average Bonchev–Trinajstić information content (AvgIpc) is 3.61. The highest BCUT2D eigenvalue weighted by molar-refractivity contribution is 7.22. The first-order valence-corrected chi connectivity index (χ1v) is 16.3. The molecule has 0 aliphatic rings. The molecule has 0 fully saturated rings. The molecule has 0 atom stereocenters. The van der Waals surface area contributed by atoms with Crippen molar-refractivity contribution in [1.29, 1.82) is 0 Å². The van der Waals surface area contributed by atoms with E-state index in [9.17, 15) is 9.59 Å². The number of aliphatic carboxylic acids is 2. The molecule has 4 aromatic carbocycles. The second-order valence-electron chi connectivity index (χ2n) is 11.1. The summed E-state index contributed by atoms with van der Waals surface area (Å²) in [7, 11) is 0. The zero-order valence-electron chi connectivity index (χ0n) is 25.1. The predicted molar refractivity (Wildman–Crippen MR) is 185 cm³/mol. The summed E-state index contributed by atoms with van der Waals surface area (Å²) in [6.07, 6.45) is 0. The van der Waals surface area contributed by atoms with Gasteiger partial charge >= 0.3 is 11.9 Å². The number of rotatable bonds is 8. The molecule has 0 aliphatic heterocycles. The van der Waals surface area contributed by atoms with Crippen molar-refractivity contribution >= 4 is 78.2 Å². The van der Waals surface area contributed by atoms with Crippen molar-refractivity contribution in [2.45, 2.75) is 38.9 Å². The molecule has 2 N–H and O–H groups in total. The van der Waals surface area contributed by atoms with Crippen LogP contribution >= 0.6 is 45.9 Å². The summed E-state index contributed by atoms with van der Waals surface area (Å²) in [6.45, 7) is 6.06. The van der Waals surface area contributed by atoms with Gasteiger partial charge in [0.15, 0.2) is 11.2 Å². The first-order valence-electron chi connectivity index (χ1n) is 13.9. The molecule has 0 saturated heterocycles. The van der Waals surface area contributed by atoms with Gasteiger partial charge in [-0.15, -0.1) is 22.7 Å². The summed E-state index contributed by atoms with van der Waals surface area (Å²) >= 11 is 15.1. The summed E-state index contributed by atoms with van der Waals surface area (Å²) in [6, 6.07) is 25.7. The van der Waals surface area contributed by atoms with E-state index >= 15 is 0 Å². The van der Waals surface area contributed by atoms with E-state index in [-0.39, 0.29) is 0 Å². The minimum Gasteiger partial charge on any atom is -0.478 e. The Bertz CT molecular complexity index is 1890. The highest BCUT2D eigenvalue weighted by atomic mass is 35.5. The molecule has 8 nitrogen and oxygen atoms in total. The van der Waals surface area contributed by atoms with Crippen LogP contribution in [0.2, 0.25) is 10.0 Å². The second-order valence-corrected chi connectivity index (χ2v) is 14.1. The van der Waals surface area contributed by atoms with Crippen LogP contribution in [0.3, 0.4) is 0 Å². The molecule has 6 aromatic rings. The molecule has 0 bridgehead atoms. The maximum absolute atomic E-state index is 11.1. The Kier molecular flexibility index (Phi) is 9.55. The van der Waals surface area contributed by atoms with Gasteiger partial charge in [0.05, 0.1) is 20.4 Å². The molecule has 0 amide bonds. The third-order valence-corrected chi connectivity index (χ3v) is 9.32. The Labute approximate surface area is 282 Å². The third kappa shape index (κ3) is 7.76. The molecular formula is C34H28Cl2N2O6S2. The number of fused-ring (bicyclic) bond motifs is 2. The first-order chi connectivity index (χ1) is 21.7. The van der Waals surface area contributed by atoms with Crippen molar-refractivity contribution in [3.63, 3.8) is 0 Å². The Balaban J connectivity index is 0.000000181. The lowest BCUT2D eigenvalue weighted by Gasteiger charge is -2.21. The summed E-state index contributed by atoms with van der Waals surface area (Å²) in [5.41, 5.74) is 1.09. The van der Waals surface area contributed by atoms with Crippen molar-refractivity contribution in [3.8, 4) is 32.6 Å². The van der Waals surface area contributed by atoms with E-state index in [2.05, 4.69) is 9.97 Å². The van der Waals surface area contributed by atoms with Crippen molar-refractivity contribution in [1.82, 2.24) is 9.97 Å². The van der Waals surface area contributed by atoms with Gasteiger partial charge in [-0.2, -0.15) is 0 Å². The molecule has 2 aromatic heterocycles. The zero-order valence-corrected chi connectivity index (χ0v) is 28.2. The summed E-state index contributed by atoms with van der Waals surface area (Å²) in [4.78, 5) is 31.3. The average molecular weight is 696 g/mol. The van der Waals surface area contributed by atoms with Gasteiger partial charge in [-0.05, 0) is 113 Å². The molecule has 6 rings (SSSR count). The van der Waals surface area contributed by atoms with Gasteiger partial charge in [-0.1, -0.05) is 23.2 Å². The molecule has 0 radical (unpaired) electrons. The normalized spacial score (nSPS) is 11.6. The SMILES string of the molecule is CC(C)(Oc1ccc(-c2nc3cc(Cl)ccc3s2)cc1)C(=O)O.CC(C)(Oc1ccc(-c2nc3cc(Cl)ccc3s2)cc1)C(=O)O. The van der Waals surface area contributed by atoms with Crippen LogP contribution in [-0.2, 0) is 9.59 Å². The second kappa shape index (κ2) is 13.3. The largest absolute Gasteiger partial charge is 0.478 e. The van der Waals surface area contributed by atoms with Gasteiger partial charge in [-0.25, -0.2) is 19.6 Å². The molecule has 12 heteroatoms. The van der Waals surface area contributed by atoms with Crippen LogP contribution in [0.25, 0.3) is 41.6 Å². The van der Waals surface area contributed by atoms with Crippen molar-refractivity contribution in [2.24, 2.45) is 0 Å². The van der Waals surface area contributed by atoms with Crippen molar-refractivity contribution < 1.29 is 29.3 Å². The number of carboxylic acids is 2. The monoisotopic (exact) mass is 694 g/mol. The number of ether oxygens (including phenoxy) is 2. The number of hydrogen-bond acceptors (Lipinski definition) is 8. The van der Waals surface area contributed by atoms with E-state index in [1.165, 1.54) is 27.7 Å². The molecule has 2 heterocycles. The van der Waals surface area contributed by atoms with Crippen LogP contribution in [0.5, 0.6) is 11.5 Å². The molecule has 0 saturated carbocycles. The summed E-state index contributed by atoms with van der Waals surface area (Å²) in [5, 5.41) is 21.3. The lowest BCUT2D eigenvalue weighted by Crippen LogP contribution is -2.37. The Morgan fingerprint density at radius 2 is 0.957 bits per heavy atom.